The van der Waals surface area contributed by atoms with Gasteiger partial charge in [-0.1, -0.05) is 12.1 Å². The molecule has 0 aliphatic carbocycles. The van der Waals surface area contributed by atoms with Gasteiger partial charge in [0.2, 0.25) is 0 Å². The summed E-state index contributed by atoms with van der Waals surface area (Å²) in [6, 6.07) is 8.39. The van der Waals surface area contributed by atoms with Gasteiger partial charge in [0.25, 0.3) is 0 Å². The molecule has 1 nitrogen and oxygen atoms in total. The third kappa shape index (κ3) is 3.53. The first-order chi connectivity index (χ1) is 9.45. The molecule has 2 rings (SSSR count). The lowest BCUT2D eigenvalue weighted by molar-refractivity contribution is 0.592. The van der Waals surface area contributed by atoms with Crippen molar-refractivity contribution in [1.29, 1.82) is 0 Å². The number of nitrogens with one attached hydrogen (secondary N) is 1. The number of benzene rings is 2. The first-order valence-electron chi connectivity index (χ1n) is 6.42. The van der Waals surface area contributed by atoms with E-state index in [-0.39, 0.29) is 23.1 Å². The lowest BCUT2D eigenvalue weighted by atomic mass is 10.1. The minimum absolute atomic E-state index is 0.122. The van der Waals surface area contributed by atoms with E-state index in [0.29, 0.717) is 6.42 Å². The SMILES string of the molecule is Cc1cc(F)c(NC(C)Cc2cccc(F)c2)cc1F. The normalized spacial score (nSPS) is 12.2. The van der Waals surface area contributed by atoms with Crippen molar-refractivity contribution in [2.45, 2.75) is 26.3 Å². The molecule has 2 aromatic carbocycles. The maximum absolute atomic E-state index is 13.7. The molecule has 0 spiro atoms. The van der Waals surface area contributed by atoms with Crippen molar-refractivity contribution in [1.82, 2.24) is 0 Å². The van der Waals surface area contributed by atoms with Crippen molar-refractivity contribution in [2.24, 2.45) is 0 Å². The Hall–Kier alpha value is -1.97. The third-order valence-electron chi connectivity index (χ3n) is 3.08. The average molecular weight is 279 g/mol. The van der Waals surface area contributed by atoms with Crippen LogP contribution in [0.2, 0.25) is 0 Å². The molecule has 1 N–H and O–H groups in total. The van der Waals surface area contributed by atoms with Gasteiger partial charge in [-0.25, -0.2) is 13.2 Å². The summed E-state index contributed by atoms with van der Waals surface area (Å²) in [6.07, 6.45) is 0.521. The van der Waals surface area contributed by atoms with Crippen LogP contribution in [0.5, 0.6) is 0 Å². The van der Waals surface area contributed by atoms with Gasteiger partial charge in [-0.05, 0) is 49.6 Å². The number of halogens is 3. The third-order valence-corrected chi connectivity index (χ3v) is 3.08. The van der Waals surface area contributed by atoms with Crippen molar-refractivity contribution in [3.05, 3.63) is 65.0 Å². The van der Waals surface area contributed by atoms with E-state index in [2.05, 4.69) is 5.32 Å². The van der Waals surface area contributed by atoms with Crippen molar-refractivity contribution in [2.75, 3.05) is 5.32 Å². The molecule has 106 valence electrons. The Morgan fingerprint density at radius 3 is 2.50 bits per heavy atom. The second-order valence-corrected chi connectivity index (χ2v) is 4.96. The first kappa shape index (κ1) is 14.4. The number of hydrogen-bond donors (Lipinski definition) is 1. The molecule has 4 heteroatoms. The highest BCUT2D eigenvalue weighted by Crippen LogP contribution is 2.20. The molecule has 0 aliphatic heterocycles. The van der Waals surface area contributed by atoms with E-state index >= 15 is 0 Å². The highest BCUT2D eigenvalue weighted by atomic mass is 19.1. The van der Waals surface area contributed by atoms with Crippen LogP contribution < -0.4 is 5.32 Å². The summed E-state index contributed by atoms with van der Waals surface area (Å²) in [5.74, 6) is -1.25. The Balaban J connectivity index is 2.08. The molecule has 0 saturated heterocycles. The average Bonchev–Trinajstić information content (AvgIpc) is 2.36. The molecule has 1 atom stereocenters. The number of rotatable bonds is 4. The van der Waals surface area contributed by atoms with Gasteiger partial charge in [-0.15, -0.1) is 0 Å². The Labute approximate surface area is 116 Å². The fraction of sp³-hybridized carbons (Fsp3) is 0.250. The van der Waals surface area contributed by atoms with E-state index in [9.17, 15) is 13.2 Å². The quantitative estimate of drug-likeness (QED) is 0.871. The van der Waals surface area contributed by atoms with Crippen LogP contribution >= 0.6 is 0 Å². The molecule has 1 unspecified atom stereocenters. The van der Waals surface area contributed by atoms with E-state index < -0.39 is 11.6 Å². The molecular formula is C16H16F3N. The van der Waals surface area contributed by atoms with Crippen LogP contribution in [0.4, 0.5) is 18.9 Å². The van der Waals surface area contributed by atoms with Gasteiger partial charge in [0, 0.05) is 12.1 Å². The lowest BCUT2D eigenvalue weighted by Gasteiger charge is -2.16. The van der Waals surface area contributed by atoms with Gasteiger partial charge >= 0.3 is 0 Å². The predicted molar refractivity (Wildman–Crippen MR) is 74.3 cm³/mol. The van der Waals surface area contributed by atoms with E-state index in [1.54, 1.807) is 12.1 Å². The molecule has 0 aliphatic rings. The Kier molecular flexibility index (Phi) is 4.32. The monoisotopic (exact) mass is 279 g/mol. The van der Waals surface area contributed by atoms with E-state index in [0.717, 1.165) is 17.7 Å². The molecule has 0 fully saturated rings. The van der Waals surface area contributed by atoms with Crippen molar-refractivity contribution < 1.29 is 13.2 Å². The van der Waals surface area contributed by atoms with Crippen molar-refractivity contribution in [3.63, 3.8) is 0 Å². The molecule has 20 heavy (non-hydrogen) atoms. The largest absolute Gasteiger partial charge is 0.380 e. The van der Waals surface area contributed by atoms with Gasteiger partial charge < -0.3 is 5.32 Å². The van der Waals surface area contributed by atoms with Crippen LogP contribution in [-0.4, -0.2) is 6.04 Å². The van der Waals surface area contributed by atoms with E-state index in [4.69, 9.17) is 0 Å². The Morgan fingerprint density at radius 2 is 1.80 bits per heavy atom. The highest BCUT2D eigenvalue weighted by molar-refractivity contribution is 5.47. The van der Waals surface area contributed by atoms with Crippen LogP contribution in [0.15, 0.2) is 36.4 Å². The smallest absolute Gasteiger partial charge is 0.146 e. The second-order valence-electron chi connectivity index (χ2n) is 4.96. The zero-order valence-electron chi connectivity index (χ0n) is 11.4. The molecule has 0 aromatic heterocycles. The second kappa shape index (κ2) is 5.99. The minimum Gasteiger partial charge on any atom is -0.380 e. The molecule has 2 aromatic rings. The van der Waals surface area contributed by atoms with Gasteiger partial charge in [0.15, 0.2) is 0 Å². The van der Waals surface area contributed by atoms with E-state index in [1.165, 1.54) is 19.1 Å². The highest BCUT2D eigenvalue weighted by Gasteiger charge is 2.10. The summed E-state index contributed by atoms with van der Waals surface area (Å²) in [6.45, 7) is 3.35. The van der Waals surface area contributed by atoms with Gasteiger partial charge in [-0.2, -0.15) is 0 Å². The van der Waals surface area contributed by atoms with Crippen LogP contribution in [0, 0.1) is 24.4 Å². The zero-order valence-corrected chi connectivity index (χ0v) is 11.4. The molecule has 0 saturated carbocycles. The van der Waals surface area contributed by atoms with Crippen LogP contribution in [0.3, 0.4) is 0 Å². The Bertz CT molecular complexity index is 611. The van der Waals surface area contributed by atoms with Gasteiger partial charge in [0.1, 0.15) is 17.5 Å². The molecule has 0 radical (unpaired) electrons. The summed E-state index contributed by atoms with van der Waals surface area (Å²) in [4.78, 5) is 0. The zero-order chi connectivity index (χ0) is 14.7. The molecular weight excluding hydrogens is 263 g/mol. The number of hydrogen-bond acceptors (Lipinski definition) is 1. The topological polar surface area (TPSA) is 12.0 Å². The maximum Gasteiger partial charge on any atom is 0.146 e. The van der Waals surface area contributed by atoms with Crippen LogP contribution in [0.1, 0.15) is 18.1 Å². The summed E-state index contributed by atoms with van der Waals surface area (Å²) in [7, 11) is 0. The van der Waals surface area contributed by atoms with Crippen LogP contribution in [0.25, 0.3) is 0 Å². The minimum atomic E-state index is -0.491. The van der Waals surface area contributed by atoms with Gasteiger partial charge in [-0.3, -0.25) is 0 Å². The summed E-state index contributed by atoms with van der Waals surface area (Å²) in [5.41, 5.74) is 1.20. The summed E-state index contributed by atoms with van der Waals surface area (Å²) >= 11 is 0. The number of aryl methyl sites for hydroxylation is 1. The maximum atomic E-state index is 13.7. The first-order valence-corrected chi connectivity index (χ1v) is 6.42. The molecule has 0 heterocycles. The molecule has 0 bridgehead atoms. The molecule has 0 amide bonds. The fourth-order valence-corrected chi connectivity index (χ4v) is 2.09. The van der Waals surface area contributed by atoms with Crippen molar-refractivity contribution in [3.8, 4) is 0 Å². The lowest BCUT2D eigenvalue weighted by Crippen LogP contribution is -2.19. The summed E-state index contributed by atoms with van der Waals surface area (Å²) < 4.78 is 40.2. The van der Waals surface area contributed by atoms with Crippen LogP contribution in [-0.2, 0) is 6.42 Å². The van der Waals surface area contributed by atoms with Crippen molar-refractivity contribution >= 4 is 5.69 Å². The predicted octanol–water partition coefficient (Wildman–Crippen LogP) is 4.46. The van der Waals surface area contributed by atoms with E-state index in [1.807, 2.05) is 6.92 Å². The number of anilines is 1. The Morgan fingerprint density at radius 1 is 1.05 bits per heavy atom. The standard InChI is InChI=1S/C16H16F3N/c1-10-6-15(19)16(9-14(10)18)20-11(2)7-12-4-3-5-13(17)8-12/h3-6,8-9,11,20H,7H2,1-2H3. The summed E-state index contributed by atoms with van der Waals surface area (Å²) in [5, 5.41) is 2.91. The fourth-order valence-electron chi connectivity index (χ4n) is 2.09. The van der Waals surface area contributed by atoms with Gasteiger partial charge in [0.05, 0.1) is 5.69 Å².